The van der Waals surface area contributed by atoms with E-state index in [4.69, 9.17) is 0 Å². The molecule has 2 atom stereocenters. The van der Waals surface area contributed by atoms with Crippen molar-refractivity contribution in [1.29, 1.82) is 0 Å². The summed E-state index contributed by atoms with van der Waals surface area (Å²) in [6.07, 6.45) is 0.438. The molecule has 1 fully saturated rings. The summed E-state index contributed by atoms with van der Waals surface area (Å²) < 4.78 is 0. The third-order valence-electron chi connectivity index (χ3n) is 6.07. The first-order valence-corrected chi connectivity index (χ1v) is 9.55. The summed E-state index contributed by atoms with van der Waals surface area (Å²) in [5.74, 6) is -0.659. The number of para-hydroxylation sites is 1. The fourth-order valence-corrected chi connectivity index (χ4v) is 4.70. The van der Waals surface area contributed by atoms with E-state index in [1.807, 2.05) is 24.3 Å². The average molecular weight is 391 g/mol. The first-order valence-electron chi connectivity index (χ1n) is 9.55. The second-order valence-electron chi connectivity index (χ2n) is 7.89. The number of aromatic nitrogens is 1. The molecule has 0 bridgehead atoms. The number of aryl methyl sites for hydroxylation is 1. The summed E-state index contributed by atoms with van der Waals surface area (Å²) in [5.41, 5.74) is 3.95. The zero-order chi connectivity index (χ0) is 20.4. The van der Waals surface area contributed by atoms with Gasteiger partial charge >= 0.3 is 0 Å². The number of carbonyl (C=O) groups excluding carboxylic acids is 2. The van der Waals surface area contributed by atoms with Crippen LogP contribution in [0.3, 0.4) is 0 Å². The van der Waals surface area contributed by atoms with Crippen LogP contribution in [0.4, 0.5) is 0 Å². The monoisotopic (exact) mass is 391 g/mol. The maximum atomic E-state index is 13.0. The van der Waals surface area contributed by atoms with E-state index in [2.05, 4.69) is 4.98 Å². The molecule has 148 valence electrons. The van der Waals surface area contributed by atoms with Crippen LogP contribution in [0.2, 0.25) is 0 Å². The normalized spacial score (nSPS) is 21.4. The molecule has 2 aliphatic heterocycles. The van der Waals surface area contributed by atoms with E-state index in [0.717, 1.165) is 22.2 Å². The number of piperazine rings is 1. The number of phenolic OH excluding ortho intramolecular Hbond substituents is 2. The highest BCUT2D eigenvalue weighted by molar-refractivity contribution is 5.97. The molecule has 0 unspecified atom stereocenters. The molecule has 3 aromatic rings. The van der Waals surface area contributed by atoms with E-state index in [1.54, 1.807) is 24.9 Å². The Bertz CT molecular complexity index is 1160. The summed E-state index contributed by atoms with van der Waals surface area (Å²) in [6, 6.07) is 9.95. The summed E-state index contributed by atoms with van der Waals surface area (Å²) in [5, 5.41) is 21.2. The van der Waals surface area contributed by atoms with Gasteiger partial charge in [0.1, 0.15) is 6.04 Å². The number of carbonyl (C=O) groups is 2. The van der Waals surface area contributed by atoms with Gasteiger partial charge in [-0.15, -0.1) is 0 Å². The lowest BCUT2D eigenvalue weighted by Crippen LogP contribution is -2.62. The van der Waals surface area contributed by atoms with Crippen LogP contribution in [0.5, 0.6) is 11.5 Å². The largest absolute Gasteiger partial charge is 0.504 e. The Morgan fingerprint density at radius 3 is 2.66 bits per heavy atom. The molecule has 5 rings (SSSR count). The number of rotatable bonds is 1. The van der Waals surface area contributed by atoms with Gasteiger partial charge in [-0.2, -0.15) is 0 Å². The number of benzene rings is 2. The maximum absolute atomic E-state index is 13.0. The Balaban J connectivity index is 1.79. The molecular formula is C22H21N3O4. The number of hydrogen-bond donors (Lipinski definition) is 3. The maximum Gasteiger partial charge on any atom is 0.245 e. The number of hydrogen-bond acceptors (Lipinski definition) is 4. The summed E-state index contributed by atoms with van der Waals surface area (Å²) in [6.45, 7) is 1.71. The number of nitrogens with zero attached hydrogens (tertiary/aromatic N) is 2. The predicted octanol–water partition coefficient (Wildman–Crippen LogP) is 2.20. The number of H-pyrrole nitrogens is 1. The number of nitrogens with one attached hydrogen (secondary N) is 1. The molecule has 29 heavy (non-hydrogen) atoms. The first-order chi connectivity index (χ1) is 13.9. The van der Waals surface area contributed by atoms with Crippen molar-refractivity contribution >= 4 is 22.7 Å². The van der Waals surface area contributed by atoms with Gasteiger partial charge < -0.3 is 25.0 Å². The van der Waals surface area contributed by atoms with Crippen molar-refractivity contribution in [2.75, 3.05) is 13.6 Å². The average Bonchev–Trinajstić information content (AvgIpc) is 3.07. The molecule has 7 heteroatoms. The molecule has 7 nitrogen and oxygen atoms in total. The second-order valence-corrected chi connectivity index (χ2v) is 7.89. The number of likely N-dealkylation sites (N-methyl/N-ethyl adjacent to an activating group) is 1. The van der Waals surface area contributed by atoms with Crippen LogP contribution in [0.25, 0.3) is 10.9 Å². The summed E-state index contributed by atoms with van der Waals surface area (Å²) in [4.78, 5) is 32.5. The fourth-order valence-electron chi connectivity index (χ4n) is 4.70. The minimum absolute atomic E-state index is 0.0183. The second kappa shape index (κ2) is 6.01. The Labute approximate surface area is 167 Å². The van der Waals surface area contributed by atoms with E-state index >= 15 is 0 Å². The number of aromatic amines is 1. The molecule has 1 saturated heterocycles. The SMILES string of the molecule is Cc1cc([C@@H]2c3[nH]c4ccccc4c3C[C@@H]3C(=O)N(C)CC(=O)N23)cc(O)c1O. The van der Waals surface area contributed by atoms with E-state index in [9.17, 15) is 19.8 Å². The molecule has 2 aromatic carbocycles. The van der Waals surface area contributed by atoms with E-state index in [-0.39, 0.29) is 29.9 Å². The Hall–Kier alpha value is -3.48. The number of amides is 2. The van der Waals surface area contributed by atoms with Gasteiger partial charge in [0.2, 0.25) is 11.8 Å². The van der Waals surface area contributed by atoms with Gasteiger partial charge in [-0.1, -0.05) is 18.2 Å². The zero-order valence-electron chi connectivity index (χ0n) is 16.1. The van der Waals surface area contributed by atoms with Crippen molar-refractivity contribution in [3.05, 3.63) is 58.8 Å². The highest BCUT2D eigenvalue weighted by Crippen LogP contribution is 2.44. The van der Waals surface area contributed by atoms with Crippen LogP contribution in [0.1, 0.15) is 28.4 Å². The molecule has 0 saturated carbocycles. The molecular weight excluding hydrogens is 370 g/mol. The van der Waals surface area contributed by atoms with Gasteiger partial charge in [-0.3, -0.25) is 9.59 Å². The number of phenols is 2. The minimum Gasteiger partial charge on any atom is -0.504 e. The molecule has 1 aromatic heterocycles. The van der Waals surface area contributed by atoms with Gasteiger partial charge in [-0.25, -0.2) is 0 Å². The predicted molar refractivity (Wildman–Crippen MR) is 107 cm³/mol. The van der Waals surface area contributed by atoms with Crippen LogP contribution in [-0.2, 0) is 16.0 Å². The van der Waals surface area contributed by atoms with E-state index in [1.165, 1.54) is 11.0 Å². The Morgan fingerprint density at radius 1 is 1.14 bits per heavy atom. The topological polar surface area (TPSA) is 96.9 Å². The molecule has 3 N–H and O–H groups in total. The summed E-state index contributed by atoms with van der Waals surface area (Å²) in [7, 11) is 1.65. The Morgan fingerprint density at radius 2 is 1.90 bits per heavy atom. The quantitative estimate of drug-likeness (QED) is 0.554. The third-order valence-corrected chi connectivity index (χ3v) is 6.07. The van der Waals surface area contributed by atoms with Gasteiger partial charge in [-0.05, 0) is 41.8 Å². The first kappa shape index (κ1) is 17.6. The van der Waals surface area contributed by atoms with Gasteiger partial charge in [0.25, 0.3) is 0 Å². The minimum atomic E-state index is -0.603. The van der Waals surface area contributed by atoms with Crippen molar-refractivity contribution in [3.8, 4) is 11.5 Å². The van der Waals surface area contributed by atoms with Crippen molar-refractivity contribution in [2.24, 2.45) is 0 Å². The molecule has 0 aliphatic carbocycles. The Kier molecular flexibility index (Phi) is 3.65. The molecule has 0 spiro atoms. The van der Waals surface area contributed by atoms with Crippen LogP contribution in [0.15, 0.2) is 36.4 Å². The smallest absolute Gasteiger partial charge is 0.245 e. The molecule has 0 radical (unpaired) electrons. The van der Waals surface area contributed by atoms with Gasteiger partial charge in [0.15, 0.2) is 11.5 Å². The third kappa shape index (κ3) is 2.43. The highest BCUT2D eigenvalue weighted by Gasteiger charge is 2.47. The van der Waals surface area contributed by atoms with Crippen molar-refractivity contribution in [3.63, 3.8) is 0 Å². The highest BCUT2D eigenvalue weighted by atomic mass is 16.3. The van der Waals surface area contributed by atoms with Crippen LogP contribution >= 0.6 is 0 Å². The van der Waals surface area contributed by atoms with Crippen LogP contribution in [0, 0.1) is 6.92 Å². The summed E-state index contributed by atoms with van der Waals surface area (Å²) >= 11 is 0. The molecule has 2 aliphatic rings. The lowest BCUT2D eigenvalue weighted by Gasteiger charge is -2.46. The van der Waals surface area contributed by atoms with Crippen molar-refractivity contribution < 1.29 is 19.8 Å². The number of fused-ring (bicyclic) bond motifs is 4. The molecule has 3 heterocycles. The lowest BCUT2D eigenvalue weighted by molar-refractivity contribution is -0.157. The molecule has 2 amide bonds. The van der Waals surface area contributed by atoms with E-state index in [0.29, 0.717) is 17.5 Å². The van der Waals surface area contributed by atoms with E-state index < -0.39 is 12.1 Å². The fraction of sp³-hybridized carbons (Fsp3) is 0.273. The number of aromatic hydroxyl groups is 2. The van der Waals surface area contributed by atoms with Gasteiger partial charge in [0.05, 0.1) is 12.6 Å². The standard InChI is InChI=1S/C22H21N3O4/c1-11-7-12(8-17(26)21(11)28)20-19-14(13-5-3-4-6-15(13)23-19)9-16-22(29)24(2)10-18(27)25(16)20/h3-8,16,20,23,26,28H,9-10H2,1-2H3/t16-,20-/m1/s1. The van der Waals surface area contributed by atoms with Crippen molar-refractivity contribution in [2.45, 2.75) is 25.4 Å². The van der Waals surface area contributed by atoms with Crippen molar-refractivity contribution in [1.82, 2.24) is 14.8 Å². The van der Waals surface area contributed by atoms with Crippen LogP contribution in [-0.4, -0.2) is 56.4 Å². The van der Waals surface area contributed by atoms with Gasteiger partial charge in [0, 0.05) is 30.1 Å². The zero-order valence-corrected chi connectivity index (χ0v) is 16.1. The lowest BCUT2D eigenvalue weighted by atomic mass is 9.85. The van der Waals surface area contributed by atoms with Crippen LogP contribution < -0.4 is 0 Å².